The number of carbonyl (C=O) groups is 1. The van der Waals surface area contributed by atoms with E-state index in [0.717, 1.165) is 0 Å². The molecule has 0 saturated carbocycles. The van der Waals surface area contributed by atoms with Gasteiger partial charge in [-0.15, -0.1) is 0 Å². The highest BCUT2D eigenvalue weighted by atomic mass is 79.9. The Balaban J connectivity index is 2.30. The molecule has 0 aromatic heterocycles. The molecule has 0 aliphatic carbocycles. The molecule has 1 amide bonds. The first-order valence-electron chi connectivity index (χ1n) is 6.23. The van der Waals surface area contributed by atoms with E-state index in [1.54, 1.807) is 4.90 Å². The Bertz CT molecular complexity index is 673. The minimum absolute atomic E-state index is 0.0452. The van der Waals surface area contributed by atoms with Crippen molar-refractivity contribution in [2.24, 2.45) is 0 Å². The van der Waals surface area contributed by atoms with Gasteiger partial charge >= 0.3 is 0 Å². The summed E-state index contributed by atoms with van der Waals surface area (Å²) in [6.07, 6.45) is 0. The summed E-state index contributed by atoms with van der Waals surface area (Å²) < 4.78 is 27.0. The average Bonchev–Trinajstić information content (AvgIpc) is 2.42. The molecule has 0 spiro atoms. The molecule has 1 aromatic rings. The number of nitrogens with two attached hydrogens (primary N) is 1. The van der Waals surface area contributed by atoms with Gasteiger partial charge in [0.1, 0.15) is 0 Å². The standard InChI is InChI=1S/C12H15BrClN3O3S/c1-8(18)16-2-4-17(5-3-16)21(19,20)11-7-9(14)6-10(15)12(11)13/h6-7H,2-5,15H2,1H3. The lowest BCUT2D eigenvalue weighted by atomic mass is 10.3. The minimum Gasteiger partial charge on any atom is -0.398 e. The van der Waals surface area contributed by atoms with E-state index in [-0.39, 0.29) is 34.6 Å². The first kappa shape index (κ1) is 16.5. The van der Waals surface area contributed by atoms with Crippen LogP contribution >= 0.6 is 27.5 Å². The predicted molar refractivity (Wildman–Crippen MR) is 84.6 cm³/mol. The van der Waals surface area contributed by atoms with Crippen molar-refractivity contribution in [1.29, 1.82) is 0 Å². The van der Waals surface area contributed by atoms with E-state index in [9.17, 15) is 13.2 Å². The van der Waals surface area contributed by atoms with Crippen molar-refractivity contribution in [3.63, 3.8) is 0 Å². The third-order valence-electron chi connectivity index (χ3n) is 3.33. The Morgan fingerprint density at radius 1 is 1.29 bits per heavy atom. The number of nitrogen functional groups attached to an aromatic ring is 1. The van der Waals surface area contributed by atoms with Gasteiger partial charge < -0.3 is 10.6 Å². The maximum absolute atomic E-state index is 12.7. The molecule has 0 radical (unpaired) electrons. The summed E-state index contributed by atoms with van der Waals surface area (Å²) in [5.41, 5.74) is 6.01. The zero-order valence-electron chi connectivity index (χ0n) is 11.3. The highest BCUT2D eigenvalue weighted by Crippen LogP contribution is 2.33. The van der Waals surface area contributed by atoms with Crippen molar-refractivity contribution >= 4 is 49.1 Å². The Morgan fingerprint density at radius 3 is 2.38 bits per heavy atom. The van der Waals surface area contributed by atoms with Crippen LogP contribution in [-0.4, -0.2) is 49.7 Å². The van der Waals surface area contributed by atoms with E-state index in [1.807, 2.05) is 0 Å². The molecule has 0 unspecified atom stereocenters. The van der Waals surface area contributed by atoms with E-state index in [1.165, 1.54) is 23.4 Å². The molecule has 116 valence electrons. The summed E-state index contributed by atoms with van der Waals surface area (Å²) in [5, 5.41) is 0.261. The van der Waals surface area contributed by atoms with E-state index in [4.69, 9.17) is 17.3 Å². The van der Waals surface area contributed by atoms with Gasteiger partial charge in [-0.2, -0.15) is 4.31 Å². The molecule has 0 atom stereocenters. The SMILES string of the molecule is CC(=O)N1CCN(S(=O)(=O)c2cc(Cl)cc(N)c2Br)CC1. The van der Waals surface area contributed by atoms with Crippen molar-refractivity contribution in [3.8, 4) is 0 Å². The summed E-state index contributed by atoms with van der Waals surface area (Å²) in [7, 11) is -3.70. The Labute approximate surface area is 137 Å². The van der Waals surface area contributed by atoms with Crippen LogP contribution in [0.1, 0.15) is 6.92 Å². The molecule has 0 bridgehead atoms. The average molecular weight is 397 g/mol. The highest BCUT2D eigenvalue weighted by molar-refractivity contribution is 9.10. The van der Waals surface area contributed by atoms with Crippen LogP contribution in [-0.2, 0) is 14.8 Å². The summed E-state index contributed by atoms with van der Waals surface area (Å²) in [6.45, 7) is 2.73. The monoisotopic (exact) mass is 395 g/mol. The van der Waals surface area contributed by atoms with Gasteiger partial charge in [0, 0.05) is 43.8 Å². The topological polar surface area (TPSA) is 83.7 Å². The lowest BCUT2D eigenvalue weighted by Crippen LogP contribution is -2.50. The Kier molecular flexibility index (Phi) is 4.82. The van der Waals surface area contributed by atoms with Gasteiger partial charge in [-0.05, 0) is 28.1 Å². The third-order valence-corrected chi connectivity index (χ3v) is 6.62. The largest absolute Gasteiger partial charge is 0.398 e. The van der Waals surface area contributed by atoms with E-state index in [2.05, 4.69) is 15.9 Å². The smallest absolute Gasteiger partial charge is 0.244 e. The van der Waals surface area contributed by atoms with Crippen LogP contribution in [0.5, 0.6) is 0 Å². The summed E-state index contributed by atoms with van der Waals surface area (Å²) in [6, 6.07) is 2.85. The van der Waals surface area contributed by atoms with Crippen LogP contribution in [0, 0.1) is 0 Å². The lowest BCUT2D eigenvalue weighted by Gasteiger charge is -2.33. The highest BCUT2D eigenvalue weighted by Gasteiger charge is 2.31. The Hall–Kier alpha value is -0.830. The number of piperazine rings is 1. The fourth-order valence-electron chi connectivity index (χ4n) is 2.15. The number of amides is 1. The molecule has 1 saturated heterocycles. The van der Waals surface area contributed by atoms with Crippen LogP contribution in [0.3, 0.4) is 0 Å². The Morgan fingerprint density at radius 2 is 1.86 bits per heavy atom. The van der Waals surface area contributed by atoms with Gasteiger partial charge in [0.2, 0.25) is 15.9 Å². The molecule has 1 heterocycles. The molecule has 2 rings (SSSR count). The maximum Gasteiger partial charge on any atom is 0.244 e. The van der Waals surface area contributed by atoms with E-state index >= 15 is 0 Å². The van der Waals surface area contributed by atoms with Crippen molar-refractivity contribution in [2.75, 3.05) is 31.9 Å². The van der Waals surface area contributed by atoms with Crippen molar-refractivity contribution in [1.82, 2.24) is 9.21 Å². The first-order valence-corrected chi connectivity index (χ1v) is 8.85. The van der Waals surface area contributed by atoms with Crippen molar-refractivity contribution in [2.45, 2.75) is 11.8 Å². The van der Waals surface area contributed by atoms with Crippen LogP contribution in [0.4, 0.5) is 5.69 Å². The molecule has 1 aromatic carbocycles. The van der Waals surface area contributed by atoms with Crippen LogP contribution in [0.2, 0.25) is 5.02 Å². The zero-order valence-corrected chi connectivity index (χ0v) is 14.5. The molecule has 21 heavy (non-hydrogen) atoms. The fraction of sp³-hybridized carbons (Fsp3) is 0.417. The number of halogens is 2. The molecule has 1 aliphatic heterocycles. The van der Waals surface area contributed by atoms with Gasteiger partial charge in [0.25, 0.3) is 0 Å². The summed E-state index contributed by atoms with van der Waals surface area (Å²) in [5.74, 6) is -0.0553. The number of hydrogen-bond acceptors (Lipinski definition) is 4. The van der Waals surface area contributed by atoms with E-state index in [0.29, 0.717) is 17.6 Å². The molecular formula is C12H15BrClN3O3S. The second-order valence-electron chi connectivity index (χ2n) is 4.72. The summed E-state index contributed by atoms with van der Waals surface area (Å²) in [4.78, 5) is 12.9. The van der Waals surface area contributed by atoms with Gasteiger partial charge in [-0.1, -0.05) is 11.6 Å². The van der Waals surface area contributed by atoms with Crippen LogP contribution in [0.25, 0.3) is 0 Å². The minimum atomic E-state index is -3.70. The quantitative estimate of drug-likeness (QED) is 0.769. The molecule has 9 heteroatoms. The van der Waals surface area contributed by atoms with Crippen LogP contribution in [0.15, 0.2) is 21.5 Å². The number of benzene rings is 1. The normalized spacial score (nSPS) is 17.0. The number of nitrogens with zero attached hydrogens (tertiary/aromatic N) is 2. The molecule has 2 N–H and O–H groups in total. The number of sulfonamides is 1. The fourth-order valence-corrected chi connectivity index (χ4v) is 4.83. The zero-order chi connectivity index (χ0) is 15.8. The van der Waals surface area contributed by atoms with Gasteiger partial charge in [0.05, 0.1) is 9.37 Å². The van der Waals surface area contributed by atoms with Gasteiger partial charge in [-0.25, -0.2) is 8.42 Å². The van der Waals surface area contributed by atoms with Crippen LogP contribution < -0.4 is 5.73 Å². The van der Waals surface area contributed by atoms with Gasteiger partial charge in [-0.3, -0.25) is 4.79 Å². The van der Waals surface area contributed by atoms with Crippen molar-refractivity contribution < 1.29 is 13.2 Å². The molecular weight excluding hydrogens is 382 g/mol. The predicted octanol–water partition coefficient (Wildman–Crippen LogP) is 1.54. The summed E-state index contributed by atoms with van der Waals surface area (Å²) >= 11 is 9.09. The third kappa shape index (κ3) is 3.33. The first-order chi connectivity index (χ1) is 9.73. The number of rotatable bonds is 2. The second-order valence-corrected chi connectivity index (χ2v) is 7.85. The number of anilines is 1. The number of hydrogen-bond donors (Lipinski definition) is 1. The van der Waals surface area contributed by atoms with Crippen molar-refractivity contribution in [3.05, 3.63) is 21.6 Å². The lowest BCUT2D eigenvalue weighted by molar-refractivity contribution is -0.129. The molecule has 1 aliphatic rings. The molecule has 1 fully saturated rings. The van der Waals surface area contributed by atoms with Gasteiger partial charge in [0.15, 0.2) is 0 Å². The maximum atomic E-state index is 12.7. The molecule has 6 nitrogen and oxygen atoms in total. The second kappa shape index (κ2) is 6.12. The number of carbonyl (C=O) groups excluding carboxylic acids is 1. The van der Waals surface area contributed by atoms with E-state index < -0.39 is 10.0 Å².